The highest BCUT2D eigenvalue weighted by atomic mass is 14.4. The summed E-state index contributed by atoms with van der Waals surface area (Å²) in [5, 5.41) is 0. The Balaban J connectivity index is 2.10. The summed E-state index contributed by atoms with van der Waals surface area (Å²) in [7, 11) is 0. The van der Waals surface area contributed by atoms with E-state index in [-0.39, 0.29) is 0 Å². The normalized spacial score (nSPS) is 29.8. The van der Waals surface area contributed by atoms with Gasteiger partial charge in [-0.05, 0) is 29.7 Å². The summed E-state index contributed by atoms with van der Waals surface area (Å²) in [6.45, 7) is 4.70. The van der Waals surface area contributed by atoms with Gasteiger partial charge >= 0.3 is 0 Å². The van der Waals surface area contributed by atoms with E-state index in [0.717, 1.165) is 17.8 Å². The first-order valence-corrected chi connectivity index (χ1v) is 4.84. The monoisotopic (exact) mass is 160 g/mol. The molecule has 0 nitrogen and oxygen atoms in total. The minimum Gasteiger partial charge on any atom is -0.0622 e. The van der Waals surface area contributed by atoms with Crippen LogP contribution < -0.4 is 0 Å². The van der Waals surface area contributed by atoms with E-state index in [0.29, 0.717) is 0 Å². The van der Waals surface area contributed by atoms with E-state index < -0.39 is 0 Å². The van der Waals surface area contributed by atoms with E-state index in [1.165, 1.54) is 12.0 Å². The zero-order valence-corrected chi connectivity index (χ0v) is 7.83. The molecule has 12 heavy (non-hydrogen) atoms. The number of hydrogen-bond acceptors (Lipinski definition) is 0. The fourth-order valence-electron chi connectivity index (χ4n) is 2.05. The zero-order valence-electron chi connectivity index (χ0n) is 7.83. The molecule has 0 aromatic heterocycles. The van der Waals surface area contributed by atoms with Crippen LogP contribution in [0.3, 0.4) is 0 Å². The maximum atomic E-state index is 2.35. The molecule has 0 spiro atoms. The summed E-state index contributed by atoms with van der Waals surface area (Å²) < 4.78 is 0. The molecule has 0 heterocycles. The first-order chi connectivity index (χ1) is 5.79. The smallest absolute Gasteiger partial charge is 0.0159 e. The fourth-order valence-corrected chi connectivity index (χ4v) is 2.05. The van der Waals surface area contributed by atoms with Crippen molar-refractivity contribution < 1.29 is 0 Å². The van der Waals surface area contributed by atoms with Crippen molar-refractivity contribution in [3.05, 3.63) is 35.9 Å². The molecular weight excluding hydrogens is 144 g/mol. The van der Waals surface area contributed by atoms with Crippen LogP contribution in [-0.4, -0.2) is 0 Å². The van der Waals surface area contributed by atoms with Gasteiger partial charge in [-0.2, -0.15) is 0 Å². The van der Waals surface area contributed by atoms with Crippen LogP contribution in [0, 0.1) is 11.8 Å². The third-order valence-corrected chi connectivity index (χ3v) is 3.14. The molecule has 1 aromatic carbocycles. The van der Waals surface area contributed by atoms with Crippen molar-refractivity contribution >= 4 is 0 Å². The summed E-state index contributed by atoms with van der Waals surface area (Å²) in [4.78, 5) is 0. The van der Waals surface area contributed by atoms with E-state index in [9.17, 15) is 0 Å². The topological polar surface area (TPSA) is 0 Å². The number of rotatable bonds is 2. The lowest BCUT2D eigenvalue weighted by Gasteiger charge is -2.09. The second-order valence-electron chi connectivity index (χ2n) is 4.08. The van der Waals surface area contributed by atoms with Gasteiger partial charge in [-0.1, -0.05) is 44.2 Å². The quantitative estimate of drug-likeness (QED) is 0.621. The van der Waals surface area contributed by atoms with Crippen molar-refractivity contribution in [2.75, 3.05) is 0 Å². The molecule has 0 N–H and O–H groups in total. The lowest BCUT2D eigenvalue weighted by molar-refractivity contribution is 0.619. The molecule has 1 aromatic rings. The van der Waals surface area contributed by atoms with Crippen molar-refractivity contribution in [1.29, 1.82) is 0 Å². The maximum Gasteiger partial charge on any atom is -0.0159 e. The molecule has 0 bridgehead atoms. The average molecular weight is 160 g/mol. The Labute approximate surface area is 74.6 Å². The highest BCUT2D eigenvalue weighted by Crippen LogP contribution is 2.47. The summed E-state index contributed by atoms with van der Waals surface area (Å²) in [6, 6.07) is 10.9. The van der Waals surface area contributed by atoms with E-state index in [4.69, 9.17) is 0 Å². The van der Waals surface area contributed by atoms with Gasteiger partial charge in [-0.15, -0.1) is 0 Å². The van der Waals surface area contributed by atoms with E-state index in [1.807, 2.05) is 0 Å². The third-order valence-electron chi connectivity index (χ3n) is 3.14. The van der Waals surface area contributed by atoms with Crippen LogP contribution in [0.25, 0.3) is 0 Å². The van der Waals surface area contributed by atoms with Gasteiger partial charge in [-0.25, -0.2) is 0 Å². The first-order valence-electron chi connectivity index (χ1n) is 4.84. The predicted molar refractivity (Wildman–Crippen MR) is 52.1 cm³/mol. The molecule has 2 rings (SSSR count). The highest BCUT2D eigenvalue weighted by molar-refractivity contribution is 5.21. The summed E-state index contributed by atoms with van der Waals surface area (Å²) in [6.07, 6.45) is 1.43. The van der Waals surface area contributed by atoms with Crippen molar-refractivity contribution in [2.45, 2.75) is 26.2 Å². The largest absolute Gasteiger partial charge is 0.0622 e. The summed E-state index contributed by atoms with van der Waals surface area (Å²) >= 11 is 0. The Bertz CT molecular complexity index is 250. The van der Waals surface area contributed by atoms with Crippen LogP contribution in [0.1, 0.15) is 31.7 Å². The third kappa shape index (κ3) is 1.38. The Kier molecular flexibility index (Phi) is 1.92. The number of benzene rings is 1. The van der Waals surface area contributed by atoms with Crippen LogP contribution in [0.15, 0.2) is 30.3 Å². The molecule has 0 amide bonds. The molecule has 0 radical (unpaired) electrons. The van der Waals surface area contributed by atoms with Gasteiger partial charge in [0.05, 0.1) is 0 Å². The van der Waals surface area contributed by atoms with Crippen LogP contribution in [-0.2, 0) is 0 Å². The second kappa shape index (κ2) is 2.93. The van der Waals surface area contributed by atoms with E-state index in [2.05, 4.69) is 44.2 Å². The first kappa shape index (κ1) is 7.85. The van der Waals surface area contributed by atoms with Gasteiger partial charge in [0.15, 0.2) is 0 Å². The highest BCUT2D eigenvalue weighted by Gasteiger charge is 2.37. The molecular formula is C12H16. The zero-order chi connectivity index (χ0) is 8.55. The maximum absolute atomic E-state index is 2.35. The SMILES string of the molecule is C[C@@H]1C[C@@H]1[C@@H](C)c1ccccc1. The van der Waals surface area contributed by atoms with Crippen molar-refractivity contribution in [3.63, 3.8) is 0 Å². The van der Waals surface area contributed by atoms with E-state index in [1.54, 1.807) is 0 Å². The van der Waals surface area contributed by atoms with Gasteiger partial charge in [0.1, 0.15) is 0 Å². The van der Waals surface area contributed by atoms with Crippen molar-refractivity contribution in [1.82, 2.24) is 0 Å². The molecule has 3 atom stereocenters. The molecule has 0 aliphatic heterocycles. The molecule has 1 saturated carbocycles. The van der Waals surface area contributed by atoms with Gasteiger partial charge < -0.3 is 0 Å². The molecule has 64 valence electrons. The van der Waals surface area contributed by atoms with Crippen molar-refractivity contribution in [3.8, 4) is 0 Å². The molecule has 1 aliphatic rings. The second-order valence-corrected chi connectivity index (χ2v) is 4.08. The van der Waals surface area contributed by atoms with Gasteiger partial charge in [-0.3, -0.25) is 0 Å². The Morgan fingerprint density at radius 2 is 1.83 bits per heavy atom. The van der Waals surface area contributed by atoms with Crippen LogP contribution in [0.4, 0.5) is 0 Å². The van der Waals surface area contributed by atoms with Crippen LogP contribution in [0.5, 0.6) is 0 Å². The molecule has 0 heteroatoms. The Hall–Kier alpha value is -0.780. The standard InChI is InChI=1S/C12H16/c1-9-8-12(9)10(2)11-6-4-3-5-7-11/h3-7,9-10,12H,8H2,1-2H3/t9-,10+,12+/m1/s1. The van der Waals surface area contributed by atoms with Crippen LogP contribution in [0.2, 0.25) is 0 Å². The number of hydrogen-bond donors (Lipinski definition) is 0. The summed E-state index contributed by atoms with van der Waals surface area (Å²) in [5.74, 6) is 2.67. The van der Waals surface area contributed by atoms with Gasteiger partial charge in [0.25, 0.3) is 0 Å². The predicted octanol–water partition coefficient (Wildman–Crippen LogP) is 3.45. The fraction of sp³-hybridized carbons (Fsp3) is 0.500. The van der Waals surface area contributed by atoms with Crippen LogP contribution >= 0.6 is 0 Å². The van der Waals surface area contributed by atoms with Crippen molar-refractivity contribution in [2.24, 2.45) is 11.8 Å². The van der Waals surface area contributed by atoms with E-state index >= 15 is 0 Å². The molecule has 0 saturated heterocycles. The Morgan fingerprint density at radius 1 is 1.25 bits per heavy atom. The molecule has 1 aliphatic carbocycles. The minimum absolute atomic E-state index is 0.765. The summed E-state index contributed by atoms with van der Waals surface area (Å²) in [5.41, 5.74) is 1.51. The molecule has 1 fully saturated rings. The average Bonchev–Trinajstić information content (AvgIpc) is 2.83. The lowest BCUT2D eigenvalue weighted by atomic mass is 9.95. The minimum atomic E-state index is 0.765. The molecule has 0 unspecified atom stereocenters. The van der Waals surface area contributed by atoms with Gasteiger partial charge in [0.2, 0.25) is 0 Å². The Morgan fingerprint density at radius 3 is 2.33 bits per heavy atom. The lowest BCUT2D eigenvalue weighted by Crippen LogP contribution is -1.96. The van der Waals surface area contributed by atoms with Gasteiger partial charge in [0, 0.05) is 0 Å².